The number of benzene rings is 2. The molecule has 0 radical (unpaired) electrons. The van der Waals surface area contributed by atoms with Crippen LogP contribution in [0.1, 0.15) is 37.8 Å². The molecule has 1 atom stereocenters. The Hall–Kier alpha value is -3.40. The van der Waals surface area contributed by atoms with E-state index in [1.165, 1.54) is 6.26 Å². The maximum atomic E-state index is 12.8. The molecule has 2 aliphatic rings. The zero-order valence-electron chi connectivity index (χ0n) is 20.7. The molecule has 1 fully saturated rings. The predicted molar refractivity (Wildman–Crippen MR) is 136 cm³/mol. The number of rotatable bonds is 7. The second-order valence-corrected chi connectivity index (χ2v) is 12.3. The zero-order chi connectivity index (χ0) is 25.7. The Labute approximate surface area is 210 Å². The van der Waals surface area contributed by atoms with Crippen LogP contribution in [0.2, 0.25) is 0 Å². The number of carbonyl (C=O) groups is 1. The Balaban J connectivity index is 1.41. The predicted octanol–water partition coefficient (Wildman–Crippen LogP) is 3.23. The molecule has 36 heavy (non-hydrogen) atoms. The van der Waals surface area contributed by atoms with E-state index >= 15 is 0 Å². The van der Waals surface area contributed by atoms with Crippen LogP contribution in [0.4, 0.5) is 5.69 Å². The van der Waals surface area contributed by atoms with E-state index < -0.39 is 9.84 Å². The number of fused-ring (bicyclic) bond motifs is 2. The lowest BCUT2D eigenvalue weighted by Crippen LogP contribution is -2.33. The first-order chi connectivity index (χ1) is 17.0. The van der Waals surface area contributed by atoms with Gasteiger partial charge in [0.15, 0.2) is 0 Å². The van der Waals surface area contributed by atoms with Gasteiger partial charge in [-0.25, -0.2) is 8.42 Å². The topological polar surface area (TPSA) is 129 Å². The molecular weight excluding hydrogens is 480 g/mol. The first kappa shape index (κ1) is 24.3. The number of nitrogens with zero attached hydrogens (tertiary/aromatic N) is 3. The summed E-state index contributed by atoms with van der Waals surface area (Å²) in [5, 5.41) is 4.24. The average molecular weight is 511 g/mol. The number of ether oxygens (including phenoxy) is 1. The van der Waals surface area contributed by atoms with Gasteiger partial charge < -0.3 is 19.9 Å². The fourth-order valence-corrected chi connectivity index (χ4v) is 5.84. The van der Waals surface area contributed by atoms with Gasteiger partial charge in [-0.3, -0.25) is 4.79 Å². The van der Waals surface area contributed by atoms with Gasteiger partial charge >= 0.3 is 0 Å². The highest BCUT2D eigenvalue weighted by Crippen LogP contribution is 2.48. The lowest BCUT2D eigenvalue weighted by atomic mass is 9.80. The van der Waals surface area contributed by atoms with Crippen LogP contribution in [-0.4, -0.2) is 60.6 Å². The molecule has 2 heterocycles. The summed E-state index contributed by atoms with van der Waals surface area (Å²) in [6.07, 6.45) is 3.20. The second-order valence-electron chi connectivity index (χ2n) is 10.1. The molecule has 1 aliphatic carbocycles. The Morgan fingerprint density at radius 2 is 2.06 bits per heavy atom. The maximum absolute atomic E-state index is 12.8. The summed E-state index contributed by atoms with van der Waals surface area (Å²) in [7, 11) is -3.14. The number of likely N-dealkylation sites (tertiary alicyclic amines) is 1. The van der Waals surface area contributed by atoms with E-state index in [4.69, 9.17) is 15.0 Å². The van der Waals surface area contributed by atoms with E-state index in [0.717, 1.165) is 29.5 Å². The minimum atomic E-state index is -3.14. The second kappa shape index (κ2) is 8.92. The minimum Gasteiger partial charge on any atom is -0.489 e. The highest BCUT2D eigenvalue weighted by Gasteiger charge is 2.48. The molecule has 1 spiro atoms. The molecular formula is C26H30N4O5S. The van der Waals surface area contributed by atoms with E-state index in [1.807, 2.05) is 32.0 Å². The van der Waals surface area contributed by atoms with Gasteiger partial charge in [-0.05, 0) is 56.0 Å². The van der Waals surface area contributed by atoms with Crippen molar-refractivity contribution in [2.24, 2.45) is 0 Å². The zero-order valence-corrected chi connectivity index (χ0v) is 21.5. The lowest BCUT2D eigenvalue weighted by Gasteiger charge is -2.25. The molecule has 1 amide bonds. The molecule has 0 saturated carbocycles. The molecule has 10 heteroatoms. The number of anilines is 1. The van der Waals surface area contributed by atoms with Gasteiger partial charge in [0.25, 0.3) is 5.89 Å². The third-order valence-corrected chi connectivity index (χ3v) is 7.88. The maximum Gasteiger partial charge on any atom is 0.258 e. The molecule has 1 aromatic heterocycles. The Morgan fingerprint density at radius 3 is 2.78 bits per heavy atom. The van der Waals surface area contributed by atoms with E-state index in [2.05, 4.69) is 16.2 Å². The Kier molecular flexibility index (Phi) is 6.02. The number of hydrogen-bond donors (Lipinski definition) is 1. The molecule has 3 aromatic rings. The summed E-state index contributed by atoms with van der Waals surface area (Å²) in [4.78, 5) is 19.1. The smallest absolute Gasteiger partial charge is 0.258 e. The highest BCUT2D eigenvalue weighted by molar-refractivity contribution is 7.90. The van der Waals surface area contributed by atoms with Crippen LogP contribution in [-0.2, 0) is 26.5 Å². The van der Waals surface area contributed by atoms with E-state index in [-0.39, 0.29) is 29.7 Å². The Bertz CT molecular complexity index is 1430. The molecule has 5 rings (SSSR count). The third kappa shape index (κ3) is 4.57. The van der Waals surface area contributed by atoms with Crippen LogP contribution >= 0.6 is 0 Å². The molecule has 1 saturated heterocycles. The van der Waals surface area contributed by atoms with Crippen LogP contribution in [0, 0.1) is 0 Å². The molecule has 0 bridgehead atoms. The normalized spacial score (nSPS) is 19.4. The van der Waals surface area contributed by atoms with Crippen molar-refractivity contribution in [3.05, 3.63) is 47.5 Å². The van der Waals surface area contributed by atoms with Crippen molar-refractivity contribution in [3.63, 3.8) is 0 Å². The number of sulfone groups is 1. The third-order valence-electron chi connectivity index (χ3n) is 6.96. The van der Waals surface area contributed by atoms with Crippen molar-refractivity contribution in [3.8, 4) is 28.6 Å². The van der Waals surface area contributed by atoms with Crippen molar-refractivity contribution >= 4 is 21.4 Å². The number of nitrogens with two attached hydrogens (primary N) is 1. The number of amides is 1. The number of aromatic nitrogens is 2. The number of carbonyl (C=O) groups excluding carboxylic acids is 1. The van der Waals surface area contributed by atoms with Gasteiger partial charge in [-0.1, -0.05) is 23.4 Å². The molecule has 1 aliphatic heterocycles. The monoisotopic (exact) mass is 510 g/mol. The van der Waals surface area contributed by atoms with Crippen LogP contribution < -0.4 is 10.5 Å². The summed E-state index contributed by atoms with van der Waals surface area (Å²) < 4.78 is 34.5. The van der Waals surface area contributed by atoms with Crippen LogP contribution in [0.5, 0.6) is 5.75 Å². The largest absolute Gasteiger partial charge is 0.489 e. The van der Waals surface area contributed by atoms with Gasteiger partial charge in [0.1, 0.15) is 15.6 Å². The standard InChI is InChI=1S/C26H30N4O5S/c1-16(2)34-22-8-7-17(13-21(22)27)25-28-24(29-35-25)19-5-4-6-20-18(19)9-10-26(20)14-23(31)30(15-26)11-12-36(3,32)33/h4-8,13,16H,9-12,14-15,27H2,1-3H3. The SMILES string of the molecule is CC(C)Oc1ccc(-c2nc(-c3cccc4c3CCC43CC(=O)N(CCS(C)(=O)=O)C3)no2)cc1N. The lowest BCUT2D eigenvalue weighted by molar-refractivity contribution is -0.127. The number of hydrogen-bond acceptors (Lipinski definition) is 8. The van der Waals surface area contributed by atoms with Crippen molar-refractivity contribution in [2.45, 2.75) is 44.6 Å². The van der Waals surface area contributed by atoms with Crippen molar-refractivity contribution in [1.82, 2.24) is 15.0 Å². The fraction of sp³-hybridized carbons (Fsp3) is 0.423. The molecule has 2 aromatic carbocycles. The van der Waals surface area contributed by atoms with Crippen LogP contribution in [0.15, 0.2) is 40.9 Å². The summed E-state index contributed by atoms with van der Waals surface area (Å²) in [5.74, 6) is 1.43. The van der Waals surface area contributed by atoms with Gasteiger partial charge in [0.2, 0.25) is 11.7 Å². The van der Waals surface area contributed by atoms with Crippen molar-refractivity contribution in [2.75, 3.05) is 30.8 Å². The highest BCUT2D eigenvalue weighted by atomic mass is 32.2. The summed E-state index contributed by atoms with van der Waals surface area (Å²) in [6, 6.07) is 11.4. The fourth-order valence-electron chi connectivity index (χ4n) is 5.29. The van der Waals surface area contributed by atoms with E-state index in [9.17, 15) is 13.2 Å². The van der Waals surface area contributed by atoms with Gasteiger partial charge in [0.05, 0.1) is 17.5 Å². The van der Waals surface area contributed by atoms with E-state index in [0.29, 0.717) is 41.7 Å². The molecule has 9 nitrogen and oxygen atoms in total. The van der Waals surface area contributed by atoms with Gasteiger partial charge in [-0.2, -0.15) is 4.98 Å². The van der Waals surface area contributed by atoms with Gasteiger partial charge in [0, 0.05) is 42.3 Å². The summed E-state index contributed by atoms with van der Waals surface area (Å²) in [5.41, 5.74) is 10.1. The average Bonchev–Trinajstić information content (AvgIpc) is 3.51. The Morgan fingerprint density at radius 1 is 1.25 bits per heavy atom. The van der Waals surface area contributed by atoms with Gasteiger partial charge in [-0.15, -0.1) is 0 Å². The summed E-state index contributed by atoms with van der Waals surface area (Å²) >= 11 is 0. The van der Waals surface area contributed by atoms with Crippen molar-refractivity contribution < 1.29 is 22.5 Å². The first-order valence-corrected chi connectivity index (χ1v) is 14.1. The molecule has 2 N–H and O–H groups in total. The van der Waals surface area contributed by atoms with Crippen LogP contribution in [0.3, 0.4) is 0 Å². The number of nitrogen functional groups attached to an aromatic ring is 1. The van der Waals surface area contributed by atoms with E-state index in [1.54, 1.807) is 17.0 Å². The first-order valence-electron chi connectivity index (χ1n) is 12.0. The van der Waals surface area contributed by atoms with Crippen molar-refractivity contribution in [1.29, 1.82) is 0 Å². The minimum absolute atomic E-state index is 0.00114. The quantitative estimate of drug-likeness (QED) is 0.480. The molecule has 1 unspecified atom stereocenters. The summed E-state index contributed by atoms with van der Waals surface area (Å²) in [6.45, 7) is 4.63. The van der Waals surface area contributed by atoms with Crippen LogP contribution in [0.25, 0.3) is 22.8 Å². The molecule has 190 valence electrons.